The Hall–Kier alpha value is -3.09. The van der Waals surface area contributed by atoms with Gasteiger partial charge in [-0.05, 0) is 36.8 Å². The number of nitrogens with zero attached hydrogens (tertiary/aromatic N) is 1. The predicted molar refractivity (Wildman–Crippen MR) is 91.1 cm³/mol. The van der Waals surface area contributed by atoms with Crippen LogP contribution in [0.15, 0.2) is 59.4 Å². The van der Waals surface area contributed by atoms with Crippen molar-refractivity contribution in [2.24, 2.45) is 0 Å². The first-order valence-corrected chi connectivity index (χ1v) is 7.82. The third-order valence-electron chi connectivity index (χ3n) is 3.86. The Morgan fingerprint density at radius 3 is 2.50 bits per heavy atom. The molecule has 0 N–H and O–H groups in total. The van der Waals surface area contributed by atoms with E-state index in [-0.39, 0.29) is 28.8 Å². The molecule has 134 valence electrons. The first kappa shape index (κ1) is 17.7. The van der Waals surface area contributed by atoms with Crippen LogP contribution in [0.25, 0.3) is 22.2 Å². The summed E-state index contributed by atoms with van der Waals surface area (Å²) in [6.45, 7) is 1.70. The van der Waals surface area contributed by atoms with Crippen LogP contribution in [0.4, 0.5) is 18.0 Å². The van der Waals surface area contributed by atoms with Gasteiger partial charge in [0.25, 0.3) is 0 Å². The maximum absolute atomic E-state index is 13.0. The summed E-state index contributed by atoms with van der Waals surface area (Å²) in [4.78, 5) is 24.9. The molecule has 0 atom stereocenters. The second-order valence-corrected chi connectivity index (χ2v) is 5.52. The summed E-state index contributed by atoms with van der Waals surface area (Å²) in [7, 11) is 0. The number of hydrogen-bond acceptors (Lipinski definition) is 3. The normalized spacial score (nSPS) is 11.5. The van der Waals surface area contributed by atoms with Crippen LogP contribution in [0.5, 0.6) is 0 Å². The number of carbonyl (C=O) groups is 1. The van der Waals surface area contributed by atoms with Crippen molar-refractivity contribution in [1.82, 2.24) is 4.57 Å². The molecule has 0 bridgehead atoms. The van der Waals surface area contributed by atoms with Gasteiger partial charge in [-0.25, -0.2) is 9.36 Å². The van der Waals surface area contributed by atoms with Gasteiger partial charge in [0.15, 0.2) is 5.43 Å². The lowest BCUT2D eigenvalue weighted by Crippen LogP contribution is -2.20. The van der Waals surface area contributed by atoms with Crippen LogP contribution >= 0.6 is 0 Å². The molecule has 1 aromatic heterocycles. The van der Waals surface area contributed by atoms with Gasteiger partial charge in [-0.2, -0.15) is 13.2 Å². The van der Waals surface area contributed by atoms with E-state index in [0.29, 0.717) is 0 Å². The lowest BCUT2D eigenvalue weighted by Gasteiger charge is -2.16. The number of pyridine rings is 1. The number of aromatic nitrogens is 1. The van der Waals surface area contributed by atoms with E-state index in [1.54, 1.807) is 31.2 Å². The zero-order valence-corrected chi connectivity index (χ0v) is 13.7. The Kier molecular flexibility index (Phi) is 4.54. The fourth-order valence-electron chi connectivity index (χ4n) is 2.73. The van der Waals surface area contributed by atoms with Crippen molar-refractivity contribution in [1.29, 1.82) is 0 Å². The maximum Gasteiger partial charge on any atom is 0.418 e. The Bertz CT molecular complexity index is 1040. The van der Waals surface area contributed by atoms with Gasteiger partial charge >= 0.3 is 12.3 Å². The molecule has 0 aliphatic carbocycles. The van der Waals surface area contributed by atoms with Crippen LogP contribution in [0.3, 0.4) is 0 Å². The first-order chi connectivity index (χ1) is 12.3. The van der Waals surface area contributed by atoms with Crippen molar-refractivity contribution in [3.05, 3.63) is 70.4 Å². The van der Waals surface area contributed by atoms with Crippen LogP contribution in [-0.4, -0.2) is 17.3 Å². The van der Waals surface area contributed by atoms with Gasteiger partial charge in [-0.1, -0.05) is 24.3 Å². The lowest BCUT2D eigenvalue weighted by molar-refractivity contribution is -0.137. The summed E-state index contributed by atoms with van der Waals surface area (Å²) in [6, 6.07) is 12.0. The molecular formula is C19H14F3NO3. The highest BCUT2D eigenvalue weighted by Gasteiger charge is 2.31. The van der Waals surface area contributed by atoms with Crippen LogP contribution in [0.1, 0.15) is 12.5 Å². The van der Waals surface area contributed by atoms with Crippen molar-refractivity contribution in [2.45, 2.75) is 13.1 Å². The Labute approximate surface area is 146 Å². The van der Waals surface area contributed by atoms with E-state index in [4.69, 9.17) is 4.74 Å². The zero-order valence-electron chi connectivity index (χ0n) is 13.7. The lowest BCUT2D eigenvalue weighted by atomic mass is 10.0. The molecule has 0 fully saturated rings. The van der Waals surface area contributed by atoms with E-state index >= 15 is 0 Å². The predicted octanol–water partition coefficient (Wildman–Crippen LogP) is 4.69. The molecule has 1 heterocycles. The van der Waals surface area contributed by atoms with E-state index < -0.39 is 23.3 Å². The highest BCUT2D eigenvalue weighted by atomic mass is 19.4. The largest absolute Gasteiger partial charge is 0.449 e. The zero-order chi connectivity index (χ0) is 18.9. The molecule has 4 nitrogen and oxygen atoms in total. The van der Waals surface area contributed by atoms with Crippen LogP contribution in [-0.2, 0) is 10.9 Å². The van der Waals surface area contributed by atoms with Crippen LogP contribution in [0.2, 0.25) is 0 Å². The fraction of sp³-hybridized carbons (Fsp3) is 0.158. The average Bonchev–Trinajstić information content (AvgIpc) is 2.61. The van der Waals surface area contributed by atoms with Gasteiger partial charge in [0, 0.05) is 11.5 Å². The van der Waals surface area contributed by atoms with E-state index in [2.05, 4.69) is 0 Å². The van der Waals surface area contributed by atoms with Crippen molar-refractivity contribution < 1.29 is 22.7 Å². The SMILES string of the molecule is CCOC(=O)n1c(-c2cccc(C(F)(F)F)c2)cc(=O)c2ccccc21. The number of halogens is 3. The minimum atomic E-state index is -4.54. The van der Waals surface area contributed by atoms with Crippen molar-refractivity contribution in [3.8, 4) is 11.3 Å². The van der Waals surface area contributed by atoms with Crippen molar-refractivity contribution in [3.63, 3.8) is 0 Å². The summed E-state index contributed by atoms with van der Waals surface area (Å²) in [6.07, 6.45) is -5.31. The molecular weight excluding hydrogens is 347 g/mol. The summed E-state index contributed by atoms with van der Waals surface area (Å²) in [5.74, 6) is 0. The molecule has 0 saturated carbocycles. The fourth-order valence-corrected chi connectivity index (χ4v) is 2.73. The van der Waals surface area contributed by atoms with Crippen LogP contribution in [0, 0.1) is 0 Å². The number of hydrogen-bond donors (Lipinski definition) is 0. The van der Waals surface area contributed by atoms with Gasteiger partial charge in [0.2, 0.25) is 0 Å². The van der Waals surface area contributed by atoms with Gasteiger partial charge in [0.1, 0.15) is 0 Å². The summed E-state index contributed by atoms with van der Waals surface area (Å²) < 4.78 is 45.3. The molecule has 0 saturated heterocycles. The monoisotopic (exact) mass is 361 g/mol. The van der Waals surface area contributed by atoms with Crippen LogP contribution < -0.4 is 5.43 Å². The first-order valence-electron chi connectivity index (χ1n) is 7.82. The summed E-state index contributed by atoms with van der Waals surface area (Å²) in [5.41, 5.74) is -0.862. The molecule has 3 rings (SSSR count). The number of rotatable bonds is 2. The topological polar surface area (TPSA) is 48.3 Å². The van der Waals surface area contributed by atoms with Gasteiger partial charge < -0.3 is 4.74 Å². The molecule has 26 heavy (non-hydrogen) atoms. The number of alkyl halides is 3. The number of fused-ring (bicyclic) bond motifs is 1. The molecule has 0 amide bonds. The highest BCUT2D eigenvalue weighted by molar-refractivity contribution is 5.92. The highest BCUT2D eigenvalue weighted by Crippen LogP contribution is 2.32. The Balaban J connectivity index is 2.34. The van der Waals surface area contributed by atoms with E-state index in [9.17, 15) is 22.8 Å². The summed E-state index contributed by atoms with van der Waals surface area (Å²) in [5, 5.41) is 0.274. The molecule has 0 aliphatic rings. The minimum absolute atomic E-state index is 0.0400. The van der Waals surface area contributed by atoms with Gasteiger partial charge in [-0.3, -0.25) is 4.79 Å². The van der Waals surface area contributed by atoms with Crippen molar-refractivity contribution in [2.75, 3.05) is 6.61 Å². The molecule has 0 radical (unpaired) electrons. The standard InChI is InChI=1S/C19H14F3NO3/c1-2-26-18(25)23-15-9-4-3-8-14(15)17(24)11-16(23)12-6-5-7-13(10-12)19(20,21)22/h3-11H,2H2,1H3. The smallest absolute Gasteiger partial charge is 0.418 e. The minimum Gasteiger partial charge on any atom is -0.449 e. The second kappa shape index (κ2) is 6.67. The van der Waals surface area contributed by atoms with Gasteiger partial charge in [0.05, 0.1) is 23.4 Å². The molecule has 0 aliphatic heterocycles. The average molecular weight is 361 g/mol. The Morgan fingerprint density at radius 2 is 1.81 bits per heavy atom. The molecule has 3 aromatic rings. The van der Waals surface area contributed by atoms with E-state index in [1.165, 1.54) is 12.1 Å². The third kappa shape index (κ3) is 3.20. The van der Waals surface area contributed by atoms with E-state index in [1.807, 2.05) is 0 Å². The molecule has 2 aromatic carbocycles. The van der Waals surface area contributed by atoms with Gasteiger partial charge in [-0.15, -0.1) is 0 Å². The summed E-state index contributed by atoms with van der Waals surface area (Å²) >= 11 is 0. The quantitative estimate of drug-likeness (QED) is 0.665. The second-order valence-electron chi connectivity index (χ2n) is 5.52. The number of para-hydroxylation sites is 1. The number of ether oxygens (including phenoxy) is 1. The van der Waals surface area contributed by atoms with E-state index in [0.717, 1.165) is 22.8 Å². The third-order valence-corrected chi connectivity index (χ3v) is 3.86. The number of carbonyl (C=O) groups excluding carboxylic acids is 1. The number of benzene rings is 2. The van der Waals surface area contributed by atoms with Crippen molar-refractivity contribution >= 4 is 17.0 Å². The molecule has 0 unspecified atom stereocenters. The molecule has 0 spiro atoms. The maximum atomic E-state index is 13.0. The molecule has 7 heteroatoms. The Morgan fingerprint density at radius 1 is 1.08 bits per heavy atom.